The van der Waals surface area contributed by atoms with Gasteiger partial charge in [-0.25, -0.2) is 4.79 Å². The lowest BCUT2D eigenvalue weighted by molar-refractivity contribution is -0.274. The smallest absolute Gasteiger partial charge is 0.444 e. The molecule has 1 atom stereocenters. The summed E-state index contributed by atoms with van der Waals surface area (Å²) in [6.45, 7) is 6.86. The van der Waals surface area contributed by atoms with Crippen LogP contribution in [-0.2, 0) is 22.5 Å². The summed E-state index contributed by atoms with van der Waals surface area (Å²) in [5, 5.41) is 21.8. The van der Waals surface area contributed by atoms with E-state index in [4.69, 9.17) is 15.6 Å². The molecular formula is C25H29F3N4O4S. The lowest BCUT2D eigenvalue weighted by Gasteiger charge is -2.20. The predicted molar refractivity (Wildman–Crippen MR) is 136 cm³/mol. The zero-order valence-corrected chi connectivity index (χ0v) is 21.6. The molecule has 0 aromatic heterocycles. The van der Waals surface area contributed by atoms with Crippen LogP contribution in [0.15, 0.2) is 48.5 Å². The molecule has 2 aromatic rings. The third-order valence-corrected chi connectivity index (χ3v) is 5.48. The molecule has 0 saturated carbocycles. The molecule has 0 saturated heterocycles. The van der Waals surface area contributed by atoms with E-state index >= 15 is 0 Å². The normalized spacial score (nSPS) is 12.3. The van der Waals surface area contributed by atoms with Crippen molar-refractivity contribution in [3.8, 4) is 5.75 Å². The summed E-state index contributed by atoms with van der Waals surface area (Å²) in [6, 6.07) is 11.3. The average molecular weight is 539 g/mol. The lowest BCUT2D eigenvalue weighted by Crippen LogP contribution is -2.40. The molecule has 0 bridgehead atoms. The highest BCUT2D eigenvalue weighted by Gasteiger charge is 2.31. The van der Waals surface area contributed by atoms with Gasteiger partial charge in [0.1, 0.15) is 16.4 Å². The van der Waals surface area contributed by atoms with E-state index in [1.165, 1.54) is 19.1 Å². The van der Waals surface area contributed by atoms with E-state index in [1.807, 2.05) is 0 Å². The van der Waals surface area contributed by atoms with Crippen LogP contribution in [0.1, 0.15) is 44.4 Å². The Labute approximate surface area is 217 Å². The van der Waals surface area contributed by atoms with Crippen LogP contribution in [0.25, 0.3) is 0 Å². The summed E-state index contributed by atoms with van der Waals surface area (Å²) in [6.07, 6.45) is -5.15. The van der Waals surface area contributed by atoms with Crippen LogP contribution in [0.3, 0.4) is 0 Å². The summed E-state index contributed by atoms with van der Waals surface area (Å²) in [5.74, 6) is -0.845. The van der Waals surface area contributed by atoms with Crippen LogP contribution in [-0.4, -0.2) is 40.1 Å². The molecule has 2 rings (SSSR count). The van der Waals surface area contributed by atoms with Crippen molar-refractivity contribution >= 4 is 33.8 Å². The number of rotatable bonds is 8. The average Bonchev–Trinajstić information content (AvgIpc) is 2.75. The summed E-state index contributed by atoms with van der Waals surface area (Å²) in [5.41, 5.74) is 1.14. The van der Waals surface area contributed by atoms with Crippen molar-refractivity contribution in [2.24, 2.45) is 0 Å². The van der Waals surface area contributed by atoms with Crippen molar-refractivity contribution in [2.75, 3.05) is 0 Å². The molecular weight excluding hydrogens is 509 g/mol. The topological polar surface area (TPSA) is 124 Å². The molecule has 2 aromatic carbocycles. The first-order valence-electron chi connectivity index (χ1n) is 11.1. The van der Waals surface area contributed by atoms with Crippen LogP contribution in [0.4, 0.5) is 18.0 Å². The highest BCUT2D eigenvalue weighted by atomic mass is 32.2. The van der Waals surface area contributed by atoms with Gasteiger partial charge in [-0.1, -0.05) is 48.2 Å². The fourth-order valence-corrected chi connectivity index (χ4v) is 3.80. The van der Waals surface area contributed by atoms with E-state index in [2.05, 4.69) is 15.4 Å². The van der Waals surface area contributed by atoms with E-state index in [-0.39, 0.29) is 34.5 Å². The van der Waals surface area contributed by atoms with Crippen molar-refractivity contribution in [1.29, 1.82) is 10.8 Å². The summed E-state index contributed by atoms with van der Waals surface area (Å²) in [4.78, 5) is 23.6. The minimum absolute atomic E-state index is 0.0574. The first-order chi connectivity index (χ1) is 17.1. The number of thioether (sulfide) groups is 1. The molecule has 37 heavy (non-hydrogen) atoms. The van der Waals surface area contributed by atoms with Gasteiger partial charge in [0.25, 0.3) is 0 Å². The second-order valence-electron chi connectivity index (χ2n) is 9.00. The van der Waals surface area contributed by atoms with Crippen LogP contribution in [0, 0.1) is 10.8 Å². The van der Waals surface area contributed by atoms with Crippen LogP contribution in [0.5, 0.6) is 5.75 Å². The quantitative estimate of drug-likeness (QED) is 0.265. The Morgan fingerprint density at radius 3 is 2.22 bits per heavy atom. The van der Waals surface area contributed by atoms with E-state index in [1.54, 1.807) is 45.0 Å². The Bertz CT molecular complexity index is 1130. The van der Waals surface area contributed by atoms with Gasteiger partial charge in [-0.2, -0.15) is 0 Å². The molecule has 8 nitrogen and oxygen atoms in total. The van der Waals surface area contributed by atoms with E-state index < -0.39 is 29.8 Å². The van der Waals surface area contributed by atoms with Gasteiger partial charge >= 0.3 is 12.5 Å². The SMILES string of the molecule is CC(=O)NC(Cc1ccc(CNC(=O)OC(C)(C)C)cc1)C(=N)SC(=N)c1cccc(OC(F)(F)F)c1. The second kappa shape index (κ2) is 12.6. The Balaban J connectivity index is 2.03. The Morgan fingerprint density at radius 2 is 1.65 bits per heavy atom. The minimum Gasteiger partial charge on any atom is -0.444 e. The largest absolute Gasteiger partial charge is 0.573 e. The van der Waals surface area contributed by atoms with Crippen molar-refractivity contribution in [3.63, 3.8) is 0 Å². The van der Waals surface area contributed by atoms with Gasteiger partial charge in [0.2, 0.25) is 5.91 Å². The number of carbonyl (C=O) groups is 2. The molecule has 0 fully saturated rings. The number of nitrogens with one attached hydrogen (secondary N) is 4. The molecule has 0 aliphatic rings. The van der Waals surface area contributed by atoms with Crippen LogP contribution < -0.4 is 15.4 Å². The van der Waals surface area contributed by atoms with Gasteiger partial charge in [-0.05, 0) is 50.5 Å². The predicted octanol–water partition coefficient (Wildman–Crippen LogP) is 5.39. The highest BCUT2D eigenvalue weighted by molar-refractivity contribution is 8.26. The molecule has 2 amide bonds. The molecule has 0 spiro atoms. The third-order valence-electron chi connectivity index (χ3n) is 4.53. The molecule has 0 heterocycles. The second-order valence-corrected chi connectivity index (χ2v) is 10.1. The van der Waals surface area contributed by atoms with Crippen molar-refractivity contribution in [3.05, 3.63) is 65.2 Å². The number of ether oxygens (including phenoxy) is 2. The number of halogens is 3. The molecule has 0 aliphatic carbocycles. The summed E-state index contributed by atoms with van der Waals surface area (Å²) >= 11 is 0.721. The minimum atomic E-state index is -4.86. The maximum atomic E-state index is 12.5. The monoisotopic (exact) mass is 538 g/mol. The molecule has 0 aliphatic heterocycles. The maximum Gasteiger partial charge on any atom is 0.573 e. The van der Waals surface area contributed by atoms with Gasteiger partial charge in [0.05, 0.1) is 11.1 Å². The molecule has 12 heteroatoms. The Morgan fingerprint density at radius 1 is 1.03 bits per heavy atom. The first-order valence-corrected chi connectivity index (χ1v) is 12.0. The number of alkyl carbamates (subject to hydrolysis) is 1. The number of hydrogen-bond acceptors (Lipinski definition) is 7. The standard InChI is InChI=1S/C25H29F3N4O4S/c1-15(33)32-20(12-16-8-10-17(11-9-16)14-31-23(34)36-24(2,3)4)22(30)37-21(29)18-6-5-7-19(13-18)35-25(26,27)28/h5-11,13,20,29-30H,12,14H2,1-4H3,(H,31,34)(H,32,33). The van der Waals surface area contributed by atoms with E-state index in [0.29, 0.717) is 0 Å². The number of carbonyl (C=O) groups excluding carboxylic acids is 2. The maximum absolute atomic E-state index is 12.5. The van der Waals surface area contributed by atoms with Gasteiger partial charge in [-0.3, -0.25) is 15.6 Å². The Kier molecular flexibility index (Phi) is 10.1. The zero-order chi connectivity index (χ0) is 27.8. The molecule has 200 valence electrons. The van der Waals surface area contributed by atoms with E-state index in [0.717, 1.165) is 35.0 Å². The summed E-state index contributed by atoms with van der Waals surface area (Å²) in [7, 11) is 0. The number of hydrogen-bond donors (Lipinski definition) is 4. The lowest BCUT2D eigenvalue weighted by atomic mass is 10.0. The fourth-order valence-electron chi connectivity index (χ4n) is 3.05. The van der Waals surface area contributed by atoms with Crippen molar-refractivity contribution in [2.45, 2.75) is 58.7 Å². The zero-order valence-electron chi connectivity index (χ0n) is 20.8. The molecule has 4 N–H and O–H groups in total. The van der Waals surface area contributed by atoms with Crippen molar-refractivity contribution in [1.82, 2.24) is 10.6 Å². The Hall–Kier alpha value is -3.54. The molecule has 0 radical (unpaired) electrons. The molecule has 1 unspecified atom stereocenters. The van der Waals surface area contributed by atoms with Gasteiger partial charge in [0.15, 0.2) is 0 Å². The number of amides is 2. The van der Waals surface area contributed by atoms with Gasteiger partial charge in [-0.15, -0.1) is 13.2 Å². The van der Waals surface area contributed by atoms with E-state index in [9.17, 15) is 22.8 Å². The first kappa shape index (κ1) is 29.7. The third kappa shape index (κ3) is 11.4. The summed E-state index contributed by atoms with van der Waals surface area (Å²) < 4.78 is 46.6. The van der Waals surface area contributed by atoms with Crippen LogP contribution >= 0.6 is 11.8 Å². The van der Waals surface area contributed by atoms with Gasteiger partial charge < -0.3 is 20.1 Å². The van der Waals surface area contributed by atoms with Crippen molar-refractivity contribution < 1.29 is 32.2 Å². The number of alkyl halides is 3. The number of benzene rings is 2. The van der Waals surface area contributed by atoms with Crippen LogP contribution in [0.2, 0.25) is 0 Å². The highest BCUT2D eigenvalue weighted by Crippen LogP contribution is 2.25. The fraction of sp³-hybridized carbons (Fsp3) is 0.360. The van der Waals surface area contributed by atoms with Gasteiger partial charge in [0, 0.05) is 19.0 Å².